The Balaban J connectivity index is 2.59. The second-order valence-electron chi connectivity index (χ2n) is 2.86. The second-order valence-corrected chi connectivity index (χ2v) is 4.67. The fourth-order valence-electron chi connectivity index (χ4n) is 0.932. The summed E-state index contributed by atoms with van der Waals surface area (Å²) in [4.78, 5) is 0. The maximum atomic E-state index is 12.5. The third-order valence-corrected chi connectivity index (χ3v) is 2.76. The Morgan fingerprint density at radius 3 is 2.47 bits per heavy atom. The fraction of sp³-hybridized carbons (Fsp3) is 0.222. The average molecular weight is 228 g/mol. The van der Waals surface area contributed by atoms with Gasteiger partial charge in [-0.05, 0) is 17.7 Å². The molecule has 0 unspecified atom stereocenters. The van der Waals surface area contributed by atoms with Crippen molar-refractivity contribution in [3.63, 3.8) is 0 Å². The molecule has 0 saturated heterocycles. The second kappa shape index (κ2) is 4.87. The van der Waals surface area contributed by atoms with E-state index in [4.69, 9.17) is 5.26 Å². The highest BCUT2D eigenvalue weighted by atomic mass is 32.2. The molecule has 0 amide bonds. The molecule has 4 nitrogen and oxygen atoms in total. The third kappa shape index (κ3) is 4.06. The summed E-state index contributed by atoms with van der Waals surface area (Å²) < 4.78 is 36.8. The number of rotatable bonds is 4. The summed E-state index contributed by atoms with van der Waals surface area (Å²) in [5.74, 6) is -0.951. The molecule has 0 aliphatic carbocycles. The minimum atomic E-state index is -3.54. The highest BCUT2D eigenvalue weighted by Gasteiger charge is 2.08. The lowest BCUT2D eigenvalue weighted by molar-refractivity contribution is 0.584. The van der Waals surface area contributed by atoms with Crippen LogP contribution in [0.25, 0.3) is 0 Å². The first-order valence-electron chi connectivity index (χ1n) is 4.12. The summed E-state index contributed by atoms with van der Waals surface area (Å²) in [5, 5.41) is 8.22. The third-order valence-electron chi connectivity index (χ3n) is 1.66. The summed E-state index contributed by atoms with van der Waals surface area (Å²) in [6.07, 6.45) is 0. The van der Waals surface area contributed by atoms with Gasteiger partial charge in [0.25, 0.3) is 0 Å². The van der Waals surface area contributed by atoms with Crippen LogP contribution < -0.4 is 4.72 Å². The predicted octanol–water partition coefficient (Wildman–Crippen LogP) is 0.769. The van der Waals surface area contributed by atoms with Crippen molar-refractivity contribution in [2.45, 2.75) is 6.54 Å². The van der Waals surface area contributed by atoms with E-state index in [0.717, 1.165) is 0 Å². The fourth-order valence-corrected chi connectivity index (χ4v) is 1.59. The molecule has 0 aromatic heterocycles. The molecule has 0 aliphatic heterocycles. The van der Waals surface area contributed by atoms with Crippen LogP contribution in [0.15, 0.2) is 24.3 Å². The van der Waals surface area contributed by atoms with Gasteiger partial charge in [-0.15, -0.1) is 0 Å². The van der Waals surface area contributed by atoms with Gasteiger partial charge < -0.3 is 0 Å². The van der Waals surface area contributed by atoms with Crippen LogP contribution in [0.4, 0.5) is 4.39 Å². The normalized spacial score (nSPS) is 10.9. The van der Waals surface area contributed by atoms with Gasteiger partial charge in [0.15, 0.2) is 5.75 Å². The van der Waals surface area contributed by atoms with Crippen molar-refractivity contribution in [1.82, 2.24) is 4.72 Å². The van der Waals surface area contributed by atoms with Crippen LogP contribution in [0.3, 0.4) is 0 Å². The first-order chi connectivity index (χ1) is 7.03. The molecular weight excluding hydrogens is 219 g/mol. The molecule has 0 aliphatic rings. The van der Waals surface area contributed by atoms with E-state index in [1.54, 1.807) is 6.07 Å². The van der Waals surface area contributed by atoms with E-state index in [2.05, 4.69) is 4.72 Å². The number of sulfonamides is 1. The van der Waals surface area contributed by atoms with Gasteiger partial charge in [-0.1, -0.05) is 12.1 Å². The highest BCUT2D eigenvalue weighted by molar-refractivity contribution is 7.89. The van der Waals surface area contributed by atoms with E-state index in [-0.39, 0.29) is 12.4 Å². The lowest BCUT2D eigenvalue weighted by Crippen LogP contribution is -2.25. The van der Waals surface area contributed by atoms with Crippen molar-refractivity contribution < 1.29 is 12.8 Å². The average Bonchev–Trinajstić information content (AvgIpc) is 2.17. The monoisotopic (exact) mass is 228 g/mol. The molecule has 0 spiro atoms. The summed E-state index contributed by atoms with van der Waals surface area (Å²) >= 11 is 0. The zero-order chi connectivity index (χ0) is 11.3. The molecule has 80 valence electrons. The van der Waals surface area contributed by atoms with E-state index in [1.165, 1.54) is 24.3 Å². The first-order valence-corrected chi connectivity index (χ1v) is 5.77. The molecule has 0 heterocycles. The molecule has 0 saturated carbocycles. The zero-order valence-electron chi connectivity index (χ0n) is 7.77. The molecule has 1 rings (SSSR count). The van der Waals surface area contributed by atoms with Gasteiger partial charge in [0.05, 0.1) is 6.07 Å². The van der Waals surface area contributed by atoms with Crippen molar-refractivity contribution in [2.75, 3.05) is 5.75 Å². The topological polar surface area (TPSA) is 70.0 Å². The van der Waals surface area contributed by atoms with Crippen molar-refractivity contribution in [1.29, 1.82) is 5.26 Å². The molecule has 0 atom stereocenters. The summed E-state index contributed by atoms with van der Waals surface area (Å²) in [5.41, 5.74) is 0.637. The molecule has 1 N–H and O–H groups in total. The SMILES string of the molecule is N#CCS(=O)(=O)NCc1ccc(F)cc1. The van der Waals surface area contributed by atoms with Crippen LogP contribution in [0, 0.1) is 17.1 Å². The Morgan fingerprint density at radius 1 is 1.33 bits per heavy atom. The van der Waals surface area contributed by atoms with Crippen molar-refractivity contribution in [2.24, 2.45) is 0 Å². The molecule has 0 fully saturated rings. The van der Waals surface area contributed by atoms with Gasteiger partial charge in [-0.2, -0.15) is 5.26 Å². The van der Waals surface area contributed by atoms with E-state index >= 15 is 0 Å². The van der Waals surface area contributed by atoms with Crippen molar-refractivity contribution >= 4 is 10.0 Å². The van der Waals surface area contributed by atoms with E-state index in [0.29, 0.717) is 5.56 Å². The molecule has 1 aromatic carbocycles. The maximum absolute atomic E-state index is 12.5. The smallest absolute Gasteiger partial charge is 0.211 e. The highest BCUT2D eigenvalue weighted by Crippen LogP contribution is 2.02. The number of nitriles is 1. The quantitative estimate of drug-likeness (QED) is 0.827. The van der Waals surface area contributed by atoms with E-state index in [1.807, 2.05) is 0 Å². The Kier molecular flexibility index (Phi) is 3.77. The lowest BCUT2D eigenvalue weighted by atomic mass is 10.2. The van der Waals surface area contributed by atoms with Gasteiger partial charge in [-0.3, -0.25) is 0 Å². The van der Waals surface area contributed by atoms with Gasteiger partial charge in [-0.25, -0.2) is 17.5 Å². The number of hydrogen-bond donors (Lipinski definition) is 1. The number of nitrogens with zero attached hydrogens (tertiary/aromatic N) is 1. The van der Waals surface area contributed by atoms with Crippen LogP contribution in [0.5, 0.6) is 0 Å². The number of hydrogen-bond acceptors (Lipinski definition) is 3. The molecule has 6 heteroatoms. The van der Waals surface area contributed by atoms with E-state index < -0.39 is 15.8 Å². The number of benzene rings is 1. The molecule has 1 aromatic rings. The molecule has 0 radical (unpaired) electrons. The van der Waals surface area contributed by atoms with E-state index in [9.17, 15) is 12.8 Å². The van der Waals surface area contributed by atoms with Crippen LogP contribution in [0.1, 0.15) is 5.56 Å². The van der Waals surface area contributed by atoms with Crippen LogP contribution in [-0.4, -0.2) is 14.2 Å². The van der Waals surface area contributed by atoms with Crippen LogP contribution in [0.2, 0.25) is 0 Å². The van der Waals surface area contributed by atoms with Crippen LogP contribution in [-0.2, 0) is 16.6 Å². The Labute approximate surface area is 87.4 Å². The van der Waals surface area contributed by atoms with Gasteiger partial charge >= 0.3 is 0 Å². The minimum Gasteiger partial charge on any atom is -0.211 e. The molecule has 0 bridgehead atoms. The van der Waals surface area contributed by atoms with Crippen molar-refractivity contribution in [3.8, 4) is 6.07 Å². The molecular formula is C9H9FN2O2S. The number of halogens is 1. The maximum Gasteiger partial charge on any atom is 0.225 e. The van der Waals surface area contributed by atoms with Crippen molar-refractivity contribution in [3.05, 3.63) is 35.6 Å². The largest absolute Gasteiger partial charge is 0.225 e. The lowest BCUT2D eigenvalue weighted by Gasteiger charge is -2.03. The van der Waals surface area contributed by atoms with Gasteiger partial charge in [0.2, 0.25) is 10.0 Å². The minimum absolute atomic E-state index is 0.0598. The molecule has 15 heavy (non-hydrogen) atoms. The van der Waals surface area contributed by atoms with Gasteiger partial charge in [0, 0.05) is 6.54 Å². The standard InChI is InChI=1S/C9H9FN2O2S/c10-9-3-1-8(2-4-9)7-12-15(13,14)6-5-11/h1-4,12H,6-7H2. The summed E-state index contributed by atoms with van der Waals surface area (Å²) in [6, 6.07) is 6.98. The summed E-state index contributed by atoms with van der Waals surface area (Å²) in [7, 11) is -3.54. The Bertz CT molecular complexity index is 462. The first kappa shape index (κ1) is 11.6. The number of nitrogens with one attached hydrogen (secondary N) is 1. The Morgan fingerprint density at radius 2 is 1.93 bits per heavy atom. The van der Waals surface area contributed by atoms with Crippen LogP contribution >= 0.6 is 0 Å². The predicted molar refractivity (Wildman–Crippen MR) is 52.6 cm³/mol. The summed E-state index contributed by atoms with van der Waals surface area (Å²) in [6.45, 7) is 0.0598. The Hall–Kier alpha value is -1.45. The zero-order valence-corrected chi connectivity index (χ0v) is 8.59. The van der Waals surface area contributed by atoms with Gasteiger partial charge in [0.1, 0.15) is 5.82 Å².